The summed E-state index contributed by atoms with van der Waals surface area (Å²) in [6.07, 6.45) is 1.28. The molecule has 27 heavy (non-hydrogen) atoms. The number of carbonyl (C=O) groups is 1. The Morgan fingerprint density at radius 2 is 2.04 bits per heavy atom. The zero-order valence-electron chi connectivity index (χ0n) is 14.7. The van der Waals surface area contributed by atoms with Gasteiger partial charge in [0, 0.05) is 24.8 Å². The first-order valence-electron chi connectivity index (χ1n) is 7.92. The minimum absolute atomic E-state index is 0.00394. The first-order valence-corrected chi connectivity index (χ1v) is 10.2. The maximum absolute atomic E-state index is 12.1. The van der Waals surface area contributed by atoms with Crippen molar-refractivity contribution in [2.75, 3.05) is 19.8 Å². The third-order valence-corrected chi connectivity index (χ3v) is 5.34. The number of hydrogen-bond acceptors (Lipinski definition) is 6. The Balaban J connectivity index is 1.69. The summed E-state index contributed by atoms with van der Waals surface area (Å²) in [5.74, 6) is 0.437. The van der Waals surface area contributed by atoms with Gasteiger partial charge >= 0.3 is 5.97 Å². The summed E-state index contributed by atoms with van der Waals surface area (Å²) in [5, 5.41) is 0.749. The summed E-state index contributed by atoms with van der Waals surface area (Å²) >= 11 is 11.7. The molecule has 148 valence electrons. The van der Waals surface area contributed by atoms with E-state index < -0.39 is 16.0 Å². The molecular weight excluding hydrogens is 417 g/mol. The number of benzene rings is 1. The molecule has 1 aromatic carbocycles. The number of hydrogen-bond donors (Lipinski definition) is 1. The van der Waals surface area contributed by atoms with Crippen molar-refractivity contribution in [2.24, 2.45) is 7.05 Å². The highest BCUT2D eigenvalue weighted by atomic mass is 35.5. The van der Waals surface area contributed by atoms with E-state index in [4.69, 9.17) is 32.7 Å². The van der Waals surface area contributed by atoms with Crippen molar-refractivity contribution >= 4 is 39.2 Å². The molecule has 0 radical (unpaired) electrons. The molecule has 8 nitrogen and oxygen atoms in total. The van der Waals surface area contributed by atoms with Crippen molar-refractivity contribution in [3.8, 4) is 5.75 Å². The number of rotatable bonds is 9. The van der Waals surface area contributed by atoms with Crippen molar-refractivity contribution in [3.05, 3.63) is 40.3 Å². The lowest BCUT2D eigenvalue weighted by atomic mass is 10.3. The molecule has 2 aromatic rings. The highest BCUT2D eigenvalue weighted by Gasteiger charge is 2.18. The highest BCUT2D eigenvalue weighted by Crippen LogP contribution is 2.27. The monoisotopic (exact) mass is 435 g/mol. The molecular formula is C16H19Cl2N3O5S. The Kier molecular flexibility index (Phi) is 7.49. The van der Waals surface area contributed by atoms with Crippen molar-refractivity contribution in [3.63, 3.8) is 0 Å². The van der Waals surface area contributed by atoms with Crippen LogP contribution in [0.2, 0.25) is 10.0 Å². The van der Waals surface area contributed by atoms with Crippen LogP contribution in [0, 0.1) is 6.92 Å². The third kappa shape index (κ3) is 6.39. The summed E-state index contributed by atoms with van der Waals surface area (Å²) in [4.78, 5) is 15.6. The van der Waals surface area contributed by atoms with Crippen molar-refractivity contribution in [1.82, 2.24) is 14.3 Å². The van der Waals surface area contributed by atoms with Crippen LogP contribution in [-0.4, -0.2) is 43.7 Å². The van der Waals surface area contributed by atoms with Gasteiger partial charge in [0.2, 0.25) is 0 Å². The largest absolute Gasteiger partial charge is 0.488 e. The van der Waals surface area contributed by atoms with E-state index in [1.807, 2.05) is 0 Å². The number of aryl methyl sites for hydroxylation is 2. The fourth-order valence-electron chi connectivity index (χ4n) is 1.99. The van der Waals surface area contributed by atoms with Crippen LogP contribution in [0.4, 0.5) is 0 Å². The molecule has 1 N–H and O–H groups in total. The molecule has 0 fully saturated rings. The van der Waals surface area contributed by atoms with Gasteiger partial charge in [-0.3, -0.25) is 4.79 Å². The SMILES string of the molecule is Cc1nc(S(=O)(=O)NCCC(=O)OCCOc2ccc(Cl)cc2Cl)cn1C. The molecule has 0 aliphatic rings. The summed E-state index contributed by atoms with van der Waals surface area (Å²) in [6, 6.07) is 4.78. The second kappa shape index (κ2) is 9.41. The van der Waals surface area contributed by atoms with Crippen LogP contribution in [0.5, 0.6) is 5.75 Å². The topological polar surface area (TPSA) is 99.5 Å². The number of imidazole rings is 1. The molecule has 11 heteroatoms. The molecule has 0 spiro atoms. The van der Waals surface area contributed by atoms with E-state index in [2.05, 4.69) is 9.71 Å². The van der Waals surface area contributed by atoms with E-state index in [9.17, 15) is 13.2 Å². The minimum atomic E-state index is -3.77. The molecule has 0 atom stereocenters. The van der Waals surface area contributed by atoms with E-state index in [0.717, 1.165) is 0 Å². The smallest absolute Gasteiger partial charge is 0.307 e. The number of nitrogens with one attached hydrogen (secondary N) is 1. The zero-order chi connectivity index (χ0) is 20.0. The van der Waals surface area contributed by atoms with Crippen molar-refractivity contribution in [1.29, 1.82) is 0 Å². The van der Waals surface area contributed by atoms with Crippen LogP contribution >= 0.6 is 23.2 Å². The second-order valence-electron chi connectivity index (χ2n) is 5.53. The molecule has 0 saturated heterocycles. The van der Waals surface area contributed by atoms with Crippen molar-refractivity contribution in [2.45, 2.75) is 18.4 Å². The molecule has 1 heterocycles. The first-order chi connectivity index (χ1) is 12.7. The van der Waals surface area contributed by atoms with Gasteiger partial charge in [0.1, 0.15) is 24.8 Å². The number of aromatic nitrogens is 2. The van der Waals surface area contributed by atoms with E-state index in [0.29, 0.717) is 21.6 Å². The minimum Gasteiger partial charge on any atom is -0.488 e. The lowest BCUT2D eigenvalue weighted by Gasteiger charge is -2.09. The van der Waals surface area contributed by atoms with Crippen LogP contribution in [0.3, 0.4) is 0 Å². The molecule has 0 amide bonds. The van der Waals surface area contributed by atoms with Gasteiger partial charge < -0.3 is 14.0 Å². The number of esters is 1. The summed E-state index contributed by atoms with van der Waals surface area (Å²) in [7, 11) is -2.07. The normalized spacial score (nSPS) is 11.4. The van der Waals surface area contributed by atoms with Crippen LogP contribution in [0.1, 0.15) is 12.2 Å². The van der Waals surface area contributed by atoms with E-state index in [-0.39, 0.29) is 31.2 Å². The van der Waals surface area contributed by atoms with E-state index in [1.165, 1.54) is 6.20 Å². The van der Waals surface area contributed by atoms with Crippen LogP contribution < -0.4 is 9.46 Å². The third-order valence-electron chi connectivity index (χ3n) is 3.48. The maximum Gasteiger partial charge on any atom is 0.307 e. The van der Waals surface area contributed by atoms with Crippen LogP contribution in [0.15, 0.2) is 29.4 Å². The highest BCUT2D eigenvalue weighted by molar-refractivity contribution is 7.89. The Hall–Kier alpha value is -1.81. The number of halogens is 2. The lowest BCUT2D eigenvalue weighted by Crippen LogP contribution is -2.27. The number of carbonyl (C=O) groups excluding carboxylic acids is 1. The fraction of sp³-hybridized carbons (Fsp3) is 0.375. The Morgan fingerprint density at radius 1 is 1.30 bits per heavy atom. The Labute approximate surface area is 167 Å². The van der Waals surface area contributed by atoms with Gasteiger partial charge in [0.15, 0.2) is 5.03 Å². The Morgan fingerprint density at radius 3 is 2.67 bits per heavy atom. The molecule has 0 saturated carbocycles. The van der Waals surface area contributed by atoms with Gasteiger partial charge in [0.05, 0.1) is 11.4 Å². The molecule has 0 bridgehead atoms. The number of sulfonamides is 1. The van der Waals surface area contributed by atoms with Crippen LogP contribution in [-0.2, 0) is 26.6 Å². The molecule has 1 aromatic heterocycles. The Bertz CT molecular complexity index is 895. The maximum atomic E-state index is 12.1. The van der Waals surface area contributed by atoms with Gasteiger partial charge in [-0.25, -0.2) is 18.1 Å². The van der Waals surface area contributed by atoms with Crippen LogP contribution in [0.25, 0.3) is 0 Å². The summed E-state index contributed by atoms with van der Waals surface area (Å²) in [6.45, 7) is 1.70. The van der Waals surface area contributed by atoms with E-state index >= 15 is 0 Å². The quantitative estimate of drug-likeness (QED) is 0.479. The first kappa shape index (κ1) is 21.5. The predicted octanol–water partition coefficient (Wildman–Crippen LogP) is 2.33. The average Bonchev–Trinajstić information content (AvgIpc) is 2.93. The summed E-state index contributed by atoms with van der Waals surface area (Å²) < 4.78 is 38.4. The lowest BCUT2D eigenvalue weighted by molar-refractivity contribution is -0.144. The van der Waals surface area contributed by atoms with Crippen molar-refractivity contribution < 1.29 is 22.7 Å². The number of ether oxygens (including phenoxy) is 2. The van der Waals surface area contributed by atoms with Gasteiger partial charge in [0.25, 0.3) is 10.0 Å². The predicted molar refractivity (Wildman–Crippen MR) is 101 cm³/mol. The van der Waals surface area contributed by atoms with E-state index in [1.54, 1.807) is 36.7 Å². The fourth-order valence-corrected chi connectivity index (χ4v) is 3.52. The zero-order valence-corrected chi connectivity index (χ0v) is 17.1. The number of nitrogens with zero attached hydrogens (tertiary/aromatic N) is 2. The average molecular weight is 436 g/mol. The molecule has 2 rings (SSSR count). The van der Waals surface area contributed by atoms with Gasteiger partial charge in [-0.05, 0) is 25.1 Å². The molecule has 0 aliphatic heterocycles. The standard InChI is InChI=1S/C16H19Cl2N3O5S/c1-11-20-15(10-21(11)2)27(23,24)19-6-5-16(22)26-8-7-25-14-4-3-12(17)9-13(14)18/h3-4,9-10,19H,5-8H2,1-2H3. The molecule has 0 aliphatic carbocycles. The van der Waals surface area contributed by atoms with Gasteiger partial charge in [-0.2, -0.15) is 0 Å². The second-order valence-corrected chi connectivity index (χ2v) is 8.09. The van der Waals surface area contributed by atoms with Gasteiger partial charge in [-0.15, -0.1) is 0 Å². The van der Waals surface area contributed by atoms with Gasteiger partial charge in [-0.1, -0.05) is 23.2 Å². The molecule has 0 unspecified atom stereocenters. The summed E-state index contributed by atoms with van der Waals surface area (Å²) in [5.41, 5.74) is 0.